The number of benzene rings is 1. The van der Waals surface area contributed by atoms with Gasteiger partial charge in [0, 0.05) is 25.2 Å². The Balaban J connectivity index is 2.07. The van der Waals surface area contributed by atoms with Crippen LogP contribution in [0.25, 0.3) is 0 Å². The maximum absolute atomic E-state index is 12.2. The highest BCUT2D eigenvalue weighted by atomic mass is 35.5. The number of nitrogen functional groups attached to an aromatic ring is 1. The molecule has 1 aromatic carbocycles. The minimum atomic E-state index is -0.235. The molecule has 1 aromatic heterocycles. The fourth-order valence-corrected chi connectivity index (χ4v) is 2.81. The number of hydrogen-bond donors (Lipinski definition) is 2. The molecule has 0 saturated carbocycles. The Morgan fingerprint density at radius 2 is 2.19 bits per heavy atom. The molecule has 3 N–H and O–H groups in total. The van der Waals surface area contributed by atoms with Crippen molar-refractivity contribution in [2.24, 2.45) is 0 Å². The van der Waals surface area contributed by atoms with E-state index >= 15 is 0 Å². The predicted molar refractivity (Wildman–Crippen MR) is 88.1 cm³/mol. The quantitative estimate of drug-likeness (QED) is 0.887. The van der Waals surface area contributed by atoms with Gasteiger partial charge in [-0.25, -0.2) is 4.98 Å². The Morgan fingerprint density at radius 3 is 2.86 bits per heavy atom. The Kier molecular flexibility index (Phi) is 5.03. The molecule has 0 radical (unpaired) electrons. The van der Waals surface area contributed by atoms with E-state index in [1.807, 2.05) is 37.1 Å². The standard InChI is InChI=1S/C14H17ClN4OS/c1-3-19(2)14-18-12(16)11(21-14)13(20)17-8-9-6-4-5-7-10(9)15/h4-7H,3,8,16H2,1-2H3,(H,17,20). The number of carbonyl (C=O) groups excluding carboxylic acids is 1. The summed E-state index contributed by atoms with van der Waals surface area (Å²) in [6.07, 6.45) is 0. The number of nitrogens with two attached hydrogens (primary N) is 1. The normalized spacial score (nSPS) is 10.4. The third-order valence-electron chi connectivity index (χ3n) is 3.05. The number of aromatic nitrogens is 1. The molecular weight excluding hydrogens is 308 g/mol. The fraction of sp³-hybridized carbons (Fsp3) is 0.286. The molecular formula is C14H17ClN4OS. The van der Waals surface area contributed by atoms with Crippen LogP contribution < -0.4 is 16.0 Å². The smallest absolute Gasteiger partial charge is 0.265 e. The maximum atomic E-state index is 12.2. The number of hydrogen-bond acceptors (Lipinski definition) is 5. The van der Waals surface area contributed by atoms with Crippen LogP contribution in [-0.2, 0) is 6.54 Å². The van der Waals surface area contributed by atoms with Gasteiger partial charge in [0.25, 0.3) is 5.91 Å². The summed E-state index contributed by atoms with van der Waals surface area (Å²) >= 11 is 7.34. The molecule has 2 aromatic rings. The molecule has 0 atom stereocenters. The van der Waals surface area contributed by atoms with Crippen molar-refractivity contribution < 1.29 is 4.79 Å². The summed E-state index contributed by atoms with van der Waals surface area (Å²) in [5.41, 5.74) is 6.68. The molecule has 1 heterocycles. The van der Waals surface area contributed by atoms with Crippen molar-refractivity contribution in [1.82, 2.24) is 10.3 Å². The minimum absolute atomic E-state index is 0.235. The molecule has 0 aliphatic heterocycles. The van der Waals surface area contributed by atoms with Gasteiger partial charge in [0.1, 0.15) is 10.7 Å². The number of thiazole rings is 1. The molecule has 112 valence electrons. The fourth-order valence-electron chi connectivity index (χ4n) is 1.68. The van der Waals surface area contributed by atoms with Gasteiger partial charge in [-0.2, -0.15) is 0 Å². The summed E-state index contributed by atoms with van der Waals surface area (Å²) in [5.74, 6) is 0.0210. The van der Waals surface area contributed by atoms with Crippen molar-refractivity contribution in [3.63, 3.8) is 0 Å². The Bertz CT molecular complexity index is 644. The van der Waals surface area contributed by atoms with Crippen LogP contribution in [-0.4, -0.2) is 24.5 Å². The second kappa shape index (κ2) is 6.78. The molecule has 0 unspecified atom stereocenters. The van der Waals surface area contributed by atoms with Gasteiger partial charge in [0.05, 0.1) is 0 Å². The van der Waals surface area contributed by atoms with Gasteiger partial charge in [0.15, 0.2) is 5.13 Å². The van der Waals surface area contributed by atoms with Gasteiger partial charge in [-0.15, -0.1) is 0 Å². The largest absolute Gasteiger partial charge is 0.382 e. The first-order chi connectivity index (χ1) is 10.0. The molecule has 21 heavy (non-hydrogen) atoms. The lowest BCUT2D eigenvalue weighted by molar-refractivity contribution is 0.0955. The second-order valence-electron chi connectivity index (χ2n) is 4.50. The van der Waals surface area contributed by atoms with E-state index in [1.165, 1.54) is 11.3 Å². The number of rotatable bonds is 5. The van der Waals surface area contributed by atoms with Crippen LogP contribution in [0.4, 0.5) is 10.9 Å². The molecule has 0 spiro atoms. The lowest BCUT2D eigenvalue weighted by atomic mass is 10.2. The van der Waals surface area contributed by atoms with Gasteiger partial charge in [0.2, 0.25) is 0 Å². The third-order valence-corrected chi connectivity index (χ3v) is 4.60. The van der Waals surface area contributed by atoms with Gasteiger partial charge in [-0.1, -0.05) is 41.1 Å². The van der Waals surface area contributed by atoms with Crippen LogP contribution in [0.3, 0.4) is 0 Å². The van der Waals surface area contributed by atoms with Crippen LogP contribution >= 0.6 is 22.9 Å². The SMILES string of the molecule is CCN(C)c1nc(N)c(C(=O)NCc2ccccc2Cl)s1. The van der Waals surface area contributed by atoms with E-state index in [1.54, 1.807) is 6.07 Å². The van der Waals surface area contributed by atoms with Gasteiger partial charge < -0.3 is 16.0 Å². The molecule has 0 fully saturated rings. The first kappa shape index (κ1) is 15.6. The Hall–Kier alpha value is -1.79. The number of anilines is 2. The third kappa shape index (κ3) is 3.65. The Labute approximate surface area is 132 Å². The topological polar surface area (TPSA) is 71.2 Å². The predicted octanol–water partition coefficient (Wildman–Crippen LogP) is 2.76. The summed E-state index contributed by atoms with van der Waals surface area (Å²) in [6, 6.07) is 7.39. The van der Waals surface area contributed by atoms with Gasteiger partial charge >= 0.3 is 0 Å². The summed E-state index contributed by atoms with van der Waals surface area (Å²) in [4.78, 5) is 18.8. The van der Waals surface area contributed by atoms with Crippen LogP contribution in [0.15, 0.2) is 24.3 Å². The summed E-state index contributed by atoms with van der Waals surface area (Å²) < 4.78 is 0. The molecule has 0 saturated heterocycles. The highest BCUT2D eigenvalue weighted by Gasteiger charge is 2.17. The van der Waals surface area contributed by atoms with E-state index in [2.05, 4.69) is 10.3 Å². The van der Waals surface area contributed by atoms with E-state index in [4.69, 9.17) is 17.3 Å². The van der Waals surface area contributed by atoms with Crippen molar-refractivity contribution >= 4 is 39.8 Å². The molecule has 2 rings (SSSR count). The first-order valence-electron chi connectivity index (χ1n) is 6.52. The second-order valence-corrected chi connectivity index (χ2v) is 5.88. The average molecular weight is 325 g/mol. The lowest BCUT2D eigenvalue weighted by Crippen LogP contribution is -2.22. The number of nitrogens with zero attached hydrogens (tertiary/aromatic N) is 2. The summed E-state index contributed by atoms with van der Waals surface area (Å²) in [5, 5.41) is 4.18. The molecule has 1 amide bonds. The van der Waals surface area contributed by atoms with Crippen molar-refractivity contribution in [2.75, 3.05) is 24.2 Å². The number of halogens is 1. The highest BCUT2D eigenvalue weighted by Crippen LogP contribution is 2.27. The van der Waals surface area contributed by atoms with E-state index < -0.39 is 0 Å². The highest BCUT2D eigenvalue weighted by molar-refractivity contribution is 7.18. The van der Waals surface area contributed by atoms with Crippen LogP contribution in [0.2, 0.25) is 5.02 Å². The van der Waals surface area contributed by atoms with Crippen LogP contribution in [0.1, 0.15) is 22.2 Å². The zero-order chi connectivity index (χ0) is 15.4. The van der Waals surface area contributed by atoms with Crippen molar-refractivity contribution in [3.05, 3.63) is 39.7 Å². The molecule has 0 aliphatic rings. The van der Waals surface area contributed by atoms with Crippen molar-refractivity contribution in [2.45, 2.75) is 13.5 Å². The number of amides is 1. The van der Waals surface area contributed by atoms with Gasteiger partial charge in [-0.05, 0) is 18.6 Å². The first-order valence-corrected chi connectivity index (χ1v) is 7.71. The minimum Gasteiger partial charge on any atom is -0.382 e. The Morgan fingerprint density at radius 1 is 1.48 bits per heavy atom. The van der Waals surface area contributed by atoms with E-state index in [0.717, 1.165) is 17.2 Å². The molecule has 7 heteroatoms. The summed E-state index contributed by atoms with van der Waals surface area (Å²) in [6.45, 7) is 3.16. The maximum Gasteiger partial charge on any atom is 0.265 e. The average Bonchev–Trinajstić information content (AvgIpc) is 2.87. The summed E-state index contributed by atoms with van der Waals surface area (Å²) in [7, 11) is 1.91. The zero-order valence-corrected chi connectivity index (χ0v) is 13.5. The van der Waals surface area contributed by atoms with Crippen LogP contribution in [0.5, 0.6) is 0 Å². The van der Waals surface area contributed by atoms with E-state index in [0.29, 0.717) is 16.4 Å². The van der Waals surface area contributed by atoms with E-state index in [-0.39, 0.29) is 11.7 Å². The van der Waals surface area contributed by atoms with Gasteiger partial charge in [-0.3, -0.25) is 4.79 Å². The molecule has 0 aliphatic carbocycles. The van der Waals surface area contributed by atoms with Crippen LogP contribution in [0, 0.1) is 0 Å². The molecule has 0 bridgehead atoms. The van der Waals surface area contributed by atoms with Crippen molar-refractivity contribution in [1.29, 1.82) is 0 Å². The van der Waals surface area contributed by atoms with E-state index in [9.17, 15) is 4.79 Å². The number of carbonyl (C=O) groups is 1. The van der Waals surface area contributed by atoms with Crippen molar-refractivity contribution in [3.8, 4) is 0 Å². The lowest BCUT2D eigenvalue weighted by Gasteiger charge is -2.10. The number of nitrogens with one attached hydrogen (secondary N) is 1. The monoisotopic (exact) mass is 324 g/mol. The zero-order valence-electron chi connectivity index (χ0n) is 11.9. The molecule has 5 nitrogen and oxygen atoms in total.